The van der Waals surface area contributed by atoms with Gasteiger partial charge in [-0.2, -0.15) is 0 Å². The Bertz CT molecular complexity index is 1290. The summed E-state index contributed by atoms with van der Waals surface area (Å²) >= 11 is 3.57. The van der Waals surface area contributed by atoms with Crippen LogP contribution in [0, 0.1) is 0 Å². The van der Waals surface area contributed by atoms with Crippen molar-refractivity contribution in [2.24, 2.45) is 0 Å². The second-order valence-corrected chi connectivity index (χ2v) is 7.49. The predicted octanol–water partition coefficient (Wildman–Crippen LogP) is 6.96. The van der Waals surface area contributed by atoms with Crippen LogP contribution in [0.15, 0.2) is 95.5 Å². The van der Waals surface area contributed by atoms with Gasteiger partial charge in [-0.15, -0.1) is 0 Å². The van der Waals surface area contributed by atoms with Crippen molar-refractivity contribution in [1.82, 2.24) is 9.97 Å². The number of fused-ring (bicyclic) bond motifs is 2. The zero-order chi connectivity index (χ0) is 18.9. The Kier molecular flexibility index (Phi) is 4.26. The number of rotatable bonds is 3. The first-order valence-corrected chi connectivity index (χ1v) is 9.85. The van der Waals surface area contributed by atoms with Gasteiger partial charge in [0.2, 0.25) is 5.95 Å². The number of anilines is 2. The van der Waals surface area contributed by atoms with E-state index in [1.165, 1.54) is 5.39 Å². The molecule has 0 atom stereocenters. The zero-order valence-corrected chi connectivity index (χ0v) is 16.5. The van der Waals surface area contributed by atoms with Crippen LogP contribution in [0.2, 0.25) is 0 Å². The number of aromatic nitrogens is 2. The minimum absolute atomic E-state index is 0.588. The molecule has 1 N–H and O–H groups in total. The van der Waals surface area contributed by atoms with Gasteiger partial charge < -0.3 is 5.32 Å². The molecule has 0 saturated carbocycles. The fourth-order valence-corrected chi connectivity index (χ4v) is 3.79. The Balaban J connectivity index is 1.69. The van der Waals surface area contributed by atoms with Crippen molar-refractivity contribution in [3.05, 3.63) is 95.5 Å². The standard InChI is InChI=1S/C24H16BrN3/c25-18-13-14-22-20(15-18)23(17-8-2-1-3-9-17)28-24(27-22)26-21-12-6-10-16-7-4-5-11-19(16)21/h1-15H,(H,26,27,28). The molecule has 0 bridgehead atoms. The normalized spacial score (nSPS) is 11.0. The molecule has 4 aromatic carbocycles. The van der Waals surface area contributed by atoms with Gasteiger partial charge in [0.15, 0.2) is 0 Å². The molecule has 5 aromatic rings. The quantitative estimate of drug-likeness (QED) is 0.339. The molecule has 5 rings (SSSR count). The van der Waals surface area contributed by atoms with Crippen LogP contribution in [0.1, 0.15) is 0 Å². The minimum Gasteiger partial charge on any atom is -0.324 e. The summed E-state index contributed by atoms with van der Waals surface area (Å²) in [6.07, 6.45) is 0. The third kappa shape index (κ3) is 3.12. The average molecular weight is 426 g/mol. The summed E-state index contributed by atoms with van der Waals surface area (Å²) in [6.45, 7) is 0. The summed E-state index contributed by atoms with van der Waals surface area (Å²) in [4.78, 5) is 9.63. The summed E-state index contributed by atoms with van der Waals surface area (Å²) in [5.74, 6) is 0.588. The van der Waals surface area contributed by atoms with Crippen LogP contribution >= 0.6 is 15.9 Å². The summed E-state index contributed by atoms with van der Waals surface area (Å²) in [7, 11) is 0. The Morgan fingerprint density at radius 2 is 1.46 bits per heavy atom. The van der Waals surface area contributed by atoms with Crippen molar-refractivity contribution in [3.63, 3.8) is 0 Å². The molecule has 0 aliphatic heterocycles. The molecule has 0 amide bonds. The molecule has 0 fully saturated rings. The second-order valence-electron chi connectivity index (χ2n) is 6.58. The number of benzene rings is 4. The molecule has 28 heavy (non-hydrogen) atoms. The zero-order valence-electron chi connectivity index (χ0n) is 14.9. The highest BCUT2D eigenvalue weighted by Gasteiger charge is 2.11. The predicted molar refractivity (Wildman–Crippen MR) is 120 cm³/mol. The molecule has 4 heteroatoms. The van der Waals surface area contributed by atoms with Crippen molar-refractivity contribution in [3.8, 4) is 11.3 Å². The number of hydrogen-bond donors (Lipinski definition) is 1. The van der Waals surface area contributed by atoms with Crippen molar-refractivity contribution in [2.45, 2.75) is 0 Å². The van der Waals surface area contributed by atoms with E-state index in [2.05, 4.69) is 63.7 Å². The van der Waals surface area contributed by atoms with E-state index in [9.17, 15) is 0 Å². The maximum absolute atomic E-state index is 4.87. The van der Waals surface area contributed by atoms with Gasteiger partial charge in [-0.3, -0.25) is 0 Å². The van der Waals surface area contributed by atoms with E-state index < -0.39 is 0 Å². The SMILES string of the molecule is Brc1ccc2nc(Nc3cccc4ccccc34)nc(-c3ccccc3)c2c1. The lowest BCUT2D eigenvalue weighted by Crippen LogP contribution is -2.00. The van der Waals surface area contributed by atoms with Gasteiger partial charge in [0.1, 0.15) is 0 Å². The van der Waals surface area contributed by atoms with Gasteiger partial charge in [0, 0.05) is 26.5 Å². The van der Waals surface area contributed by atoms with Gasteiger partial charge >= 0.3 is 0 Å². The van der Waals surface area contributed by atoms with E-state index in [1.807, 2.05) is 48.5 Å². The van der Waals surface area contributed by atoms with Crippen molar-refractivity contribution in [2.75, 3.05) is 5.32 Å². The first-order valence-electron chi connectivity index (χ1n) is 9.05. The highest BCUT2D eigenvalue weighted by molar-refractivity contribution is 9.10. The summed E-state index contributed by atoms with van der Waals surface area (Å²) in [5, 5.41) is 6.77. The highest BCUT2D eigenvalue weighted by atomic mass is 79.9. The average Bonchev–Trinajstić information content (AvgIpc) is 2.74. The van der Waals surface area contributed by atoms with Gasteiger partial charge in [0.25, 0.3) is 0 Å². The minimum atomic E-state index is 0.588. The summed E-state index contributed by atoms with van der Waals surface area (Å²) in [6, 6.07) is 30.8. The van der Waals surface area contributed by atoms with E-state index in [-0.39, 0.29) is 0 Å². The number of nitrogens with zero attached hydrogens (tertiary/aromatic N) is 2. The van der Waals surface area contributed by atoms with Crippen molar-refractivity contribution < 1.29 is 0 Å². The van der Waals surface area contributed by atoms with Crippen LogP contribution in [0.25, 0.3) is 32.9 Å². The molecule has 3 nitrogen and oxygen atoms in total. The molecule has 134 valence electrons. The van der Waals surface area contributed by atoms with Crippen LogP contribution < -0.4 is 5.32 Å². The Hall–Kier alpha value is -3.24. The number of hydrogen-bond acceptors (Lipinski definition) is 3. The van der Waals surface area contributed by atoms with Gasteiger partial charge in [-0.1, -0.05) is 82.7 Å². The highest BCUT2D eigenvalue weighted by Crippen LogP contribution is 2.31. The maximum atomic E-state index is 4.87. The molecule has 1 aromatic heterocycles. The largest absolute Gasteiger partial charge is 0.324 e. The Morgan fingerprint density at radius 1 is 0.679 bits per heavy atom. The first kappa shape index (κ1) is 16.9. The first-order chi connectivity index (χ1) is 13.8. The fourth-order valence-electron chi connectivity index (χ4n) is 3.43. The molecule has 0 unspecified atom stereocenters. The molecule has 0 saturated heterocycles. The van der Waals surface area contributed by atoms with Gasteiger partial charge in [-0.05, 0) is 29.7 Å². The van der Waals surface area contributed by atoms with E-state index >= 15 is 0 Å². The van der Waals surface area contributed by atoms with Crippen molar-refractivity contribution in [1.29, 1.82) is 0 Å². The fraction of sp³-hybridized carbons (Fsp3) is 0. The summed E-state index contributed by atoms with van der Waals surface area (Å²) in [5.41, 5.74) is 3.87. The molecule has 1 heterocycles. The smallest absolute Gasteiger partial charge is 0.228 e. The van der Waals surface area contributed by atoms with Crippen LogP contribution in [0.5, 0.6) is 0 Å². The number of nitrogens with one attached hydrogen (secondary N) is 1. The van der Waals surface area contributed by atoms with E-state index in [0.29, 0.717) is 5.95 Å². The Labute approximate surface area is 171 Å². The lowest BCUT2D eigenvalue weighted by molar-refractivity contribution is 1.22. The van der Waals surface area contributed by atoms with E-state index in [0.717, 1.165) is 37.7 Å². The van der Waals surface area contributed by atoms with Crippen LogP contribution in [0.4, 0.5) is 11.6 Å². The molecule has 0 radical (unpaired) electrons. The third-order valence-electron chi connectivity index (χ3n) is 4.74. The lowest BCUT2D eigenvalue weighted by atomic mass is 10.1. The monoisotopic (exact) mass is 425 g/mol. The molecule has 0 aliphatic carbocycles. The number of halogens is 1. The summed E-state index contributed by atoms with van der Waals surface area (Å²) < 4.78 is 1.01. The third-order valence-corrected chi connectivity index (χ3v) is 5.23. The van der Waals surface area contributed by atoms with Gasteiger partial charge in [0.05, 0.1) is 11.2 Å². The van der Waals surface area contributed by atoms with Crippen LogP contribution in [0.3, 0.4) is 0 Å². The van der Waals surface area contributed by atoms with Crippen LogP contribution in [-0.4, -0.2) is 9.97 Å². The van der Waals surface area contributed by atoms with Crippen LogP contribution in [-0.2, 0) is 0 Å². The van der Waals surface area contributed by atoms with E-state index in [4.69, 9.17) is 9.97 Å². The maximum Gasteiger partial charge on any atom is 0.228 e. The Morgan fingerprint density at radius 3 is 2.36 bits per heavy atom. The molecular weight excluding hydrogens is 410 g/mol. The lowest BCUT2D eigenvalue weighted by Gasteiger charge is -2.12. The molecular formula is C24H16BrN3. The second kappa shape index (κ2) is 7.06. The van der Waals surface area contributed by atoms with Crippen molar-refractivity contribution >= 4 is 49.2 Å². The topological polar surface area (TPSA) is 37.8 Å². The van der Waals surface area contributed by atoms with Gasteiger partial charge in [-0.25, -0.2) is 9.97 Å². The molecule has 0 aliphatic rings. The van der Waals surface area contributed by atoms with E-state index in [1.54, 1.807) is 0 Å². The molecule has 0 spiro atoms.